The molecule has 0 aliphatic carbocycles. The topological polar surface area (TPSA) is 112 Å². The van der Waals surface area contributed by atoms with Crippen molar-refractivity contribution in [3.8, 4) is 17.4 Å². The lowest BCUT2D eigenvalue weighted by molar-refractivity contribution is 0.280. The molecular formula is C13H14N2O5S. The van der Waals surface area contributed by atoms with Crippen LogP contribution in [-0.4, -0.2) is 25.6 Å². The average molecular weight is 310 g/mol. The van der Waals surface area contributed by atoms with Crippen molar-refractivity contribution in [3.63, 3.8) is 0 Å². The SMILES string of the molecule is COc1cc(CO)ccc1Oc1ncccc1S(N)(=O)=O. The summed E-state index contributed by atoms with van der Waals surface area (Å²) in [7, 11) is -2.52. The van der Waals surface area contributed by atoms with Gasteiger partial charge in [0.2, 0.25) is 15.9 Å². The number of rotatable bonds is 5. The van der Waals surface area contributed by atoms with Gasteiger partial charge in [-0.1, -0.05) is 6.07 Å². The number of methoxy groups -OCH3 is 1. The fourth-order valence-electron chi connectivity index (χ4n) is 1.67. The molecule has 0 aliphatic rings. The zero-order valence-corrected chi connectivity index (χ0v) is 12.0. The molecule has 0 saturated heterocycles. The Kier molecular flexibility index (Phi) is 4.41. The molecular weight excluding hydrogens is 296 g/mol. The highest BCUT2D eigenvalue weighted by Crippen LogP contribution is 2.33. The predicted octanol–water partition coefficient (Wildman–Crippen LogP) is 1.02. The summed E-state index contributed by atoms with van der Waals surface area (Å²) in [5.74, 6) is 0.459. The monoisotopic (exact) mass is 310 g/mol. The summed E-state index contributed by atoms with van der Waals surface area (Å²) in [5.41, 5.74) is 0.631. The third kappa shape index (κ3) is 3.48. The van der Waals surface area contributed by atoms with Gasteiger partial charge in [-0.05, 0) is 29.8 Å². The van der Waals surface area contributed by atoms with Crippen LogP contribution in [0.3, 0.4) is 0 Å². The maximum absolute atomic E-state index is 11.5. The van der Waals surface area contributed by atoms with Gasteiger partial charge in [0.15, 0.2) is 11.5 Å². The molecule has 0 spiro atoms. The number of hydrogen-bond donors (Lipinski definition) is 2. The first-order valence-electron chi connectivity index (χ1n) is 5.89. The van der Waals surface area contributed by atoms with E-state index in [0.29, 0.717) is 11.3 Å². The normalized spacial score (nSPS) is 11.2. The molecule has 21 heavy (non-hydrogen) atoms. The molecule has 1 heterocycles. The number of nitrogens with two attached hydrogens (primary N) is 1. The van der Waals surface area contributed by atoms with Gasteiger partial charge in [-0.2, -0.15) is 0 Å². The Balaban J connectivity index is 2.44. The summed E-state index contributed by atoms with van der Waals surface area (Å²) in [6.45, 7) is -0.150. The van der Waals surface area contributed by atoms with E-state index in [1.807, 2.05) is 0 Å². The Morgan fingerprint density at radius 1 is 1.29 bits per heavy atom. The largest absolute Gasteiger partial charge is 0.493 e. The van der Waals surface area contributed by atoms with Crippen molar-refractivity contribution in [2.45, 2.75) is 11.5 Å². The van der Waals surface area contributed by atoms with Crippen LogP contribution in [-0.2, 0) is 16.6 Å². The number of primary sulfonamides is 1. The third-order valence-corrected chi connectivity index (χ3v) is 3.58. The lowest BCUT2D eigenvalue weighted by atomic mass is 10.2. The smallest absolute Gasteiger partial charge is 0.243 e. The highest BCUT2D eigenvalue weighted by molar-refractivity contribution is 7.89. The second-order valence-electron chi connectivity index (χ2n) is 4.10. The summed E-state index contributed by atoms with van der Waals surface area (Å²) < 4.78 is 33.6. The Labute approximate surface area is 122 Å². The van der Waals surface area contributed by atoms with E-state index in [-0.39, 0.29) is 23.1 Å². The highest BCUT2D eigenvalue weighted by atomic mass is 32.2. The van der Waals surface area contributed by atoms with Crippen LogP contribution in [0.5, 0.6) is 17.4 Å². The van der Waals surface area contributed by atoms with Gasteiger partial charge in [0.25, 0.3) is 0 Å². The molecule has 0 atom stereocenters. The van der Waals surface area contributed by atoms with E-state index in [1.165, 1.54) is 25.4 Å². The minimum absolute atomic E-state index is 0.143. The number of aliphatic hydroxyl groups is 1. The molecule has 0 radical (unpaired) electrons. The number of ether oxygens (including phenoxy) is 2. The van der Waals surface area contributed by atoms with Gasteiger partial charge >= 0.3 is 0 Å². The summed E-state index contributed by atoms with van der Waals surface area (Å²) in [6, 6.07) is 7.49. The van der Waals surface area contributed by atoms with Crippen molar-refractivity contribution in [2.75, 3.05) is 7.11 Å². The molecule has 2 aromatic rings. The zero-order chi connectivity index (χ0) is 15.5. The summed E-state index contributed by atoms with van der Waals surface area (Å²) in [4.78, 5) is 3.65. The van der Waals surface area contributed by atoms with E-state index < -0.39 is 10.0 Å². The molecule has 0 unspecified atom stereocenters. The van der Waals surface area contributed by atoms with Gasteiger partial charge in [-0.25, -0.2) is 18.5 Å². The third-order valence-electron chi connectivity index (χ3n) is 2.66. The predicted molar refractivity (Wildman–Crippen MR) is 74.6 cm³/mol. The summed E-state index contributed by atoms with van der Waals surface area (Å²) in [5, 5.41) is 14.2. The molecule has 0 fully saturated rings. The van der Waals surface area contributed by atoms with E-state index in [1.54, 1.807) is 18.2 Å². The Morgan fingerprint density at radius 2 is 2.05 bits per heavy atom. The maximum atomic E-state index is 11.5. The maximum Gasteiger partial charge on any atom is 0.243 e. The molecule has 0 amide bonds. The summed E-state index contributed by atoms with van der Waals surface area (Å²) >= 11 is 0. The molecule has 0 aliphatic heterocycles. The van der Waals surface area contributed by atoms with Crippen LogP contribution >= 0.6 is 0 Å². The van der Waals surface area contributed by atoms with Crippen LogP contribution < -0.4 is 14.6 Å². The van der Waals surface area contributed by atoms with Crippen molar-refractivity contribution in [2.24, 2.45) is 5.14 Å². The van der Waals surface area contributed by atoms with Crippen molar-refractivity contribution < 1.29 is 23.0 Å². The van der Waals surface area contributed by atoms with Crippen molar-refractivity contribution in [1.29, 1.82) is 0 Å². The minimum atomic E-state index is -3.95. The van der Waals surface area contributed by atoms with Crippen LogP contribution in [0.4, 0.5) is 0 Å². The molecule has 112 valence electrons. The van der Waals surface area contributed by atoms with Gasteiger partial charge in [0, 0.05) is 6.20 Å². The molecule has 0 saturated carbocycles. The van der Waals surface area contributed by atoms with Gasteiger partial charge in [0.05, 0.1) is 13.7 Å². The van der Waals surface area contributed by atoms with Gasteiger partial charge in [-0.3, -0.25) is 0 Å². The standard InChI is InChI=1S/C13H14N2O5S/c1-19-11-7-9(8-16)4-5-10(11)20-13-12(21(14,17)18)3-2-6-15-13/h2-7,16H,8H2,1H3,(H2,14,17,18). The van der Waals surface area contributed by atoms with Gasteiger partial charge < -0.3 is 14.6 Å². The van der Waals surface area contributed by atoms with E-state index in [2.05, 4.69) is 4.98 Å². The first-order valence-corrected chi connectivity index (χ1v) is 7.44. The van der Waals surface area contributed by atoms with Crippen LogP contribution in [0, 0.1) is 0 Å². The van der Waals surface area contributed by atoms with Crippen LogP contribution in [0.15, 0.2) is 41.4 Å². The number of aliphatic hydroxyl groups excluding tert-OH is 1. The van der Waals surface area contributed by atoms with Crippen molar-refractivity contribution >= 4 is 10.0 Å². The first kappa shape index (κ1) is 15.2. The summed E-state index contributed by atoms with van der Waals surface area (Å²) in [6.07, 6.45) is 1.39. The average Bonchev–Trinajstić information content (AvgIpc) is 2.47. The number of hydrogen-bond acceptors (Lipinski definition) is 6. The van der Waals surface area contributed by atoms with Crippen LogP contribution in [0.2, 0.25) is 0 Å². The Hall–Kier alpha value is -2.16. The zero-order valence-electron chi connectivity index (χ0n) is 11.2. The Bertz CT molecular complexity index is 746. The second-order valence-corrected chi connectivity index (χ2v) is 5.63. The lowest BCUT2D eigenvalue weighted by Gasteiger charge is -2.12. The number of pyridine rings is 1. The Morgan fingerprint density at radius 3 is 2.67 bits per heavy atom. The number of sulfonamides is 1. The van der Waals surface area contributed by atoms with Gasteiger partial charge in [0.1, 0.15) is 4.90 Å². The molecule has 7 nitrogen and oxygen atoms in total. The van der Waals surface area contributed by atoms with Crippen molar-refractivity contribution in [3.05, 3.63) is 42.1 Å². The van der Waals surface area contributed by atoms with E-state index in [0.717, 1.165) is 0 Å². The molecule has 8 heteroatoms. The highest BCUT2D eigenvalue weighted by Gasteiger charge is 2.18. The molecule has 2 rings (SSSR count). The number of benzene rings is 1. The number of aromatic nitrogens is 1. The molecule has 0 bridgehead atoms. The van der Waals surface area contributed by atoms with E-state index >= 15 is 0 Å². The van der Waals surface area contributed by atoms with Gasteiger partial charge in [-0.15, -0.1) is 0 Å². The molecule has 1 aromatic heterocycles. The second kappa shape index (κ2) is 6.08. The van der Waals surface area contributed by atoms with Crippen molar-refractivity contribution in [1.82, 2.24) is 4.98 Å². The minimum Gasteiger partial charge on any atom is -0.493 e. The van der Waals surface area contributed by atoms with E-state index in [9.17, 15) is 8.42 Å². The lowest BCUT2D eigenvalue weighted by Crippen LogP contribution is -2.13. The van der Waals surface area contributed by atoms with Crippen LogP contribution in [0.25, 0.3) is 0 Å². The molecule has 3 N–H and O–H groups in total. The fourth-order valence-corrected chi connectivity index (χ4v) is 2.27. The fraction of sp³-hybridized carbons (Fsp3) is 0.154. The number of nitrogens with zero attached hydrogens (tertiary/aromatic N) is 1. The quantitative estimate of drug-likeness (QED) is 0.853. The molecule has 1 aromatic carbocycles. The van der Waals surface area contributed by atoms with E-state index in [4.69, 9.17) is 19.7 Å². The van der Waals surface area contributed by atoms with Crippen LogP contribution in [0.1, 0.15) is 5.56 Å². The first-order chi connectivity index (χ1) is 9.95.